The monoisotopic (exact) mass is 269 g/mol. The van der Waals surface area contributed by atoms with Crippen LogP contribution in [0.25, 0.3) is 0 Å². The molecule has 2 atom stereocenters. The number of nitrogens with two attached hydrogens (primary N) is 1. The van der Waals surface area contributed by atoms with Gasteiger partial charge in [-0.05, 0) is 18.6 Å². The molecule has 7 nitrogen and oxygen atoms in total. The Kier molecular flexibility index (Phi) is 4.47. The highest BCUT2D eigenvalue weighted by Gasteiger charge is 2.29. The Balaban J connectivity index is 3.27. The number of esters is 1. The molecular weight excluding hydrogens is 254 g/mol. The molecule has 0 saturated carbocycles. The fourth-order valence-corrected chi connectivity index (χ4v) is 1.67. The number of carbonyl (C=O) groups is 2. The molecule has 1 aromatic carbocycles. The van der Waals surface area contributed by atoms with E-state index in [1.807, 2.05) is 0 Å². The fraction of sp³-hybridized carbons (Fsp3) is 0.333. The number of aryl methyl sites for hydroxylation is 1. The quantitative estimate of drug-likeness (QED) is 0.441. The van der Waals surface area contributed by atoms with Crippen molar-refractivity contribution in [2.75, 3.05) is 12.8 Å². The first-order valence-corrected chi connectivity index (χ1v) is 5.36. The van der Waals surface area contributed by atoms with Crippen molar-refractivity contribution >= 4 is 17.6 Å². The van der Waals surface area contributed by atoms with Gasteiger partial charge in [0.25, 0.3) is 0 Å². The minimum Gasteiger partial charge on any atom is -0.478 e. The van der Waals surface area contributed by atoms with Crippen LogP contribution in [-0.2, 0) is 9.53 Å². The van der Waals surface area contributed by atoms with Gasteiger partial charge in [-0.15, -0.1) is 0 Å². The molecule has 0 aliphatic heterocycles. The van der Waals surface area contributed by atoms with Gasteiger partial charge in [0.15, 0.2) is 6.10 Å². The van der Waals surface area contributed by atoms with Crippen LogP contribution in [0.3, 0.4) is 0 Å². The smallest absolute Gasteiger partial charge is 0.337 e. The third-order valence-corrected chi connectivity index (χ3v) is 2.65. The lowest BCUT2D eigenvalue weighted by Gasteiger charge is -2.19. The van der Waals surface area contributed by atoms with Gasteiger partial charge in [-0.25, -0.2) is 9.59 Å². The second-order valence-electron chi connectivity index (χ2n) is 4.03. The largest absolute Gasteiger partial charge is 0.478 e. The van der Waals surface area contributed by atoms with E-state index in [1.165, 1.54) is 12.1 Å². The maximum Gasteiger partial charge on any atom is 0.337 e. The van der Waals surface area contributed by atoms with E-state index >= 15 is 0 Å². The van der Waals surface area contributed by atoms with Crippen molar-refractivity contribution in [1.82, 2.24) is 0 Å². The maximum absolute atomic E-state index is 11.2. The van der Waals surface area contributed by atoms with E-state index in [4.69, 9.17) is 10.8 Å². The summed E-state index contributed by atoms with van der Waals surface area (Å²) in [5.74, 6) is -2.30. The molecular formula is C12H15NO6. The number of nitrogen functional groups attached to an aromatic ring is 1. The molecule has 0 heterocycles. The van der Waals surface area contributed by atoms with Crippen LogP contribution in [0.1, 0.15) is 27.6 Å². The van der Waals surface area contributed by atoms with Gasteiger partial charge in [0.1, 0.15) is 6.10 Å². The third-order valence-electron chi connectivity index (χ3n) is 2.65. The highest BCUT2D eigenvalue weighted by Crippen LogP contribution is 2.28. The van der Waals surface area contributed by atoms with E-state index in [-0.39, 0.29) is 16.8 Å². The molecule has 0 fully saturated rings. The van der Waals surface area contributed by atoms with Crippen molar-refractivity contribution in [3.63, 3.8) is 0 Å². The Hall–Kier alpha value is -2.12. The molecule has 5 N–H and O–H groups in total. The van der Waals surface area contributed by atoms with Crippen LogP contribution in [0, 0.1) is 6.92 Å². The Labute approximate surface area is 109 Å². The topological polar surface area (TPSA) is 130 Å². The van der Waals surface area contributed by atoms with Crippen LogP contribution in [0.4, 0.5) is 5.69 Å². The van der Waals surface area contributed by atoms with Gasteiger partial charge in [-0.1, -0.05) is 6.07 Å². The summed E-state index contributed by atoms with van der Waals surface area (Å²) in [5, 5.41) is 28.4. The van der Waals surface area contributed by atoms with Crippen LogP contribution in [0.15, 0.2) is 12.1 Å². The predicted molar refractivity (Wildman–Crippen MR) is 65.5 cm³/mol. The number of anilines is 1. The lowest BCUT2D eigenvalue weighted by atomic mass is 9.96. The van der Waals surface area contributed by atoms with Gasteiger partial charge in [-0.3, -0.25) is 0 Å². The molecule has 104 valence electrons. The molecule has 0 radical (unpaired) electrons. The van der Waals surface area contributed by atoms with E-state index in [2.05, 4.69) is 4.74 Å². The zero-order valence-electron chi connectivity index (χ0n) is 10.5. The molecule has 1 aromatic rings. The van der Waals surface area contributed by atoms with Crippen molar-refractivity contribution in [2.45, 2.75) is 19.1 Å². The van der Waals surface area contributed by atoms with Gasteiger partial charge >= 0.3 is 11.9 Å². The second-order valence-corrected chi connectivity index (χ2v) is 4.03. The van der Waals surface area contributed by atoms with Gasteiger partial charge < -0.3 is 25.8 Å². The average Bonchev–Trinajstić information content (AvgIpc) is 2.37. The maximum atomic E-state index is 11.2. The Morgan fingerprint density at radius 1 is 1.32 bits per heavy atom. The van der Waals surface area contributed by atoms with Crippen LogP contribution in [-0.4, -0.2) is 40.5 Å². The zero-order chi connectivity index (χ0) is 14.7. The van der Waals surface area contributed by atoms with Crippen LogP contribution < -0.4 is 5.73 Å². The normalized spacial score (nSPS) is 13.7. The summed E-state index contributed by atoms with van der Waals surface area (Å²) in [6.45, 7) is 1.60. The minimum absolute atomic E-state index is 0.0321. The average molecular weight is 269 g/mol. The molecule has 0 bridgehead atoms. The summed E-state index contributed by atoms with van der Waals surface area (Å²) < 4.78 is 4.30. The Morgan fingerprint density at radius 2 is 1.89 bits per heavy atom. The number of methoxy groups -OCH3 is 1. The van der Waals surface area contributed by atoms with Gasteiger partial charge in [0, 0.05) is 5.56 Å². The molecule has 0 aromatic heterocycles. The number of hydrogen-bond acceptors (Lipinski definition) is 6. The molecule has 0 spiro atoms. The van der Waals surface area contributed by atoms with Gasteiger partial charge in [-0.2, -0.15) is 0 Å². The SMILES string of the molecule is COC(=O)C(O)C(O)c1cc(C)cc(C(=O)O)c1N. The predicted octanol–water partition coefficient (Wildman–Crippen LogP) is -0.157. The lowest BCUT2D eigenvalue weighted by molar-refractivity contribution is -0.156. The number of carboxylic acid groups (broad SMARTS) is 1. The first-order chi connectivity index (χ1) is 8.79. The summed E-state index contributed by atoms with van der Waals surface area (Å²) in [6, 6.07) is 2.73. The van der Waals surface area contributed by atoms with E-state index in [9.17, 15) is 19.8 Å². The number of aromatic carboxylic acids is 1. The molecule has 19 heavy (non-hydrogen) atoms. The number of aliphatic hydroxyl groups is 2. The molecule has 0 saturated heterocycles. The number of carbonyl (C=O) groups excluding carboxylic acids is 1. The molecule has 0 aliphatic rings. The van der Waals surface area contributed by atoms with E-state index in [0.29, 0.717) is 5.56 Å². The summed E-state index contributed by atoms with van der Waals surface area (Å²) in [5.41, 5.74) is 5.72. The Bertz CT molecular complexity index is 513. The molecule has 0 amide bonds. The molecule has 2 unspecified atom stereocenters. The minimum atomic E-state index is -1.84. The van der Waals surface area contributed by atoms with Crippen LogP contribution in [0.2, 0.25) is 0 Å². The third kappa shape index (κ3) is 3.01. The first-order valence-electron chi connectivity index (χ1n) is 5.36. The molecule has 0 aliphatic carbocycles. The second kappa shape index (κ2) is 5.68. The van der Waals surface area contributed by atoms with E-state index in [1.54, 1.807) is 6.92 Å². The van der Waals surface area contributed by atoms with Gasteiger partial charge in [0.2, 0.25) is 0 Å². The number of hydrogen-bond donors (Lipinski definition) is 4. The Morgan fingerprint density at radius 3 is 2.37 bits per heavy atom. The zero-order valence-corrected chi connectivity index (χ0v) is 10.5. The number of benzene rings is 1. The summed E-state index contributed by atoms with van der Waals surface area (Å²) in [4.78, 5) is 22.1. The van der Waals surface area contributed by atoms with Crippen molar-refractivity contribution in [2.24, 2.45) is 0 Å². The van der Waals surface area contributed by atoms with Gasteiger partial charge in [0.05, 0.1) is 18.4 Å². The van der Waals surface area contributed by atoms with Crippen molar-refractivity contribution in [1.29, 1.82) is 0 Å². The number of carboxylic acids is 1. The highest BCUT2D eigenvalue weighted by molar-refractivity contribution is 5.95. The van der Waals surface area contributed by atoms with Crippen molar-refractivity contribution in [3.05, 3.63) is 28.8 Å². The summed E-state index contributed by atoms with van der Waals surface area (Å²) in [7, 11) is 1.06. The standard InChI is InChI=1S/C12H15NO6/c1-5-3-6(8(13)7(4-5)11(16)17)9(14)10(15)12(18)19-2/h3-4,9-10,14-15H,13H2,1-2H3,(H,16,17). The van der Waals surface area contributed by atoms with E-state index in [0.717, 1.165) is 7.11 Å². The van der Waals surface area contributed by atoms with Crippen LogP contribution in [0.5, 0.6) is 0 Å². The van der Waals surface area contributed by atoms with Crippen molar-refractivity contribution in [3.8, 4) is 0 Å². The van der Waals surface area contributed by atoms with E-state index < -0.39 is 24.1 Å². The van der Waals surface area contributed by atoms with Crippen LogP contribution >= 0.6 is 0 Å². The molecule has 1 rings (SSSR count). The number of ether oxygens (including phenoxy) is 1. The van der Waals surface area contributed by atoms with Crippen molar-refractivity contribution < 1.29 is 29.6 Å². The highest BCUT2D eigenvalue weighted by atomic mass is 16.5. The first kappa shape index (κ1) is 14.9. The fourth-order valence-electron chi connectivity index (χ4n) is 1.67. The number of aliphatic hydroxyl groups excluding tert-OH is 2. The summed E-state index contributed by atoms with van der Waals surface area (Å²) in [6.07, 6.45) is -3.50. The molecule has 7 heteroatoms. The summed E-state index contributed by atoms with van der Waals surface area (Å²) >= 11 is 0. The lowest BCUT2D eigenvalue weighted by Crippen LogP contribution is -2.30. The number of rotatable bonds is 4.